The molecule has 0 fully saturated rings. The zero-order valence-corrected chi connectivity index (χ0v) is 13.9. The highest BCUT2D eigenvalue weighted by molar-refractivity contribution is 5.92. The van der Waals surface area contributed by atoms with Gasteiger partial charge in [0.05, 0.1) is 6.10 Å². The highest BCUT2D eigenvalue weighted by Crippen LogP contribution is 2.20. The average Bonchev–Trinajstić information content (AvgIpc) is 2.46. The molecule has 0 heterocycles. The molecule has 0 aliphatic heterocycles. The van der Waals surface area contributed by atoms with Crippen LogP contribution >= 0.6 is 0 Å². The summed E-state index contributed by atoms with van der Waals surface area (Å²) in [6, 6.07) is 7.34. The van der Waals surface area contributed by atoms with E-state index in [1.807, 2.05) is 45.0 Å². The third-order valence-corrected chi connectivity index (χ3v) is 3.03. The Morgan fingerprint density at radius 1 is 1.23 bits per heavy atom. The lowest BCUT2D eigenvalue weighted by molar-refractivity contribution is -0.121. The standard InChI is InChI=1S/C17H26N2O3/c1-5-11-18-17(21)10-12-19(14(4)20)15-6-8-16(9-7-15)22-13(2)3/h6-9,13H,5,10-12H2,1-4H3,(H,18,21). The monoisotopic (exact) mass is 306 g/mol. The van der Waals surface area contributed by atoms with Crippen LogP contribution in [0.5, 0.6) is 5.75 Å². The summed E-state index contributed by atoms with van der Waals surface area (Å²) in [4.78, 5) is 25.1. The predicted octanol–water partition coefficient (Wildman–Crippen LogP) is 2.74. The van der Waals surface area contributed by atoms with E-state index in [2.05, 4.69) is 5.32 Å². The molecule has 22 heavy (non-hydrogen) atoms. The molecule has 0 saturated carbocycles. The summed E-state index contributed by atoms with van der Waals surface area (Å²) in [6.07, 6.45) is 1.31. The molecule has 0 aliphatic rings. The van der Waals surface area contributed by atoms with Gasteiger partial charge in [-0.25, -0.2) is 0 Å². The van der Waals surface area contributed by atoms with Gasteiger partial charge in [0.25, 0.3) is 0 Å². The van der Waals surface area contributed by atoms with Crippen LogP contribution in [-0.4, -0.2) is 31.0 Å². The van der Waals surface area contributed by atoms with Crippen molar-refractivity contribution in [2.45, 2.75) is 46.6 Å². The minimum absolute atomic E-state index is 0.0344. The summed E-state index contributed by atoms with van der Waals surface area (Å²) in [5, 5.41) is 2.81. The highest BCUT2D eigenvalue weighted by Gasteiger charge is 2.13. The van der Waals surface area contributed by atoms with E-state index in [9.17, 15) is 9.59 Å². The summed E-state index contributed by atoms with van der Waals surface area (Å²) < 4.78 is 5.58. The van der Waals surface area contributed by atoms with Crippen LogP contribution in [0.15, 0.2) is 24.3 Å². The highest BCUT2D eigenvalue weighted by atomic mass is 16.5. The van der Waals surface area contributed by atoms with Crippen molar-refractivity contribution in [1.29, 1.82) is 0 Å². The number of rotatable bonds is 8. The fourth-order valence-corrected chi connectivity index (χ4v) is 2.01. The van der Waals surface area contributed by atoms with Crippen LogP contribution in [0, 0.1) is 0 Å². The summed E-state index contributed by atoms with van der Waals surface area (Å²) in [7, 11) is 0. The molecular formula is C17H26N2O3. The number of amides is 2. The van der Waals surface area contributed by atoms with E-state index in [0.717, 1.165) is 17.9 Å². The largest absolute Gasteiger partial charge is 0.491 e. The van der Waals surface area contributed by atoms with Gasteiger partial charge in [-0.3, -0.25) is 9.59 Å². The molecule has 1 aromatic rings. The van der Waals surface area contributed by atoms with Crippen LogP contribution in [0.2, 0.25) is 0 Å². The van der Waals surface area contributed by atoms with Crippen LogP contribution in [-0.2, 0) is 9.59 Å². The molecule has 0 spiro atoms. The molecule has 2 amide bonds. The number of benzene rings is 1. The lowest BCUT2D eigenvalue weighted by Crippen LogP contribution is -2.34. The minimum atomic E-state index is -0.0826. The molecule has 0 unspecified atom stereocenters. The quantitative estimate of drug-likeness (QED) is 0.803. The fourth-order valence-electron chi connectivity index (χ4n) is 2.01. The van der Waals surface area contributed by atoms with Gasteiger partial charge in [0.1, 0.15) is 5.75 Å². The lowest BCUT2D eigenvalue weighted by atomic mass is 10.2. The van der Waals surface area contributed by atoms with Crippen molar-refractivity contribution in [3.05, 3.63) is 24.3 Å². The summed E-state index contributed by atoms with van der Waals surface area (Å²) in [6.45, 7) is 8.47. The summed E-state index contributed by atoms with van der Waals surface area (Å²) >= 11 is 0. The third-order valence-electron chi connectivity index (χ3n) is 3.03. The number of carbonyl (C=O) groups excluding carboxylic acids is 2. The van der Waals surface area contributed by atoms with Gasteiger partial charge >= 0.3 is 0 Å². The van der Waals surface area contributed by atoms with E-state index in [1.165, 1.54) is 6.92 Å². The first-order valence-electron chi connectivity index (χ1n) is 7.75. The SMILES string of the molecule is CCCNC(=O)CCN(C(C)=O)c1ccc(OC(C)C)cc1. The lowest BCUT2D eigenvalue weighted by Gasteiger charge is -2.21. The number of nitrogens with zero attached hydrogens (tertiary/aromatic N) is 1. The van der Waals surface area contributed by atoms with Crippen molar-refractivity contribution in [2.24, 2.45) is 0 Å². The molecule has 0 atom stereocenters. The normalized spacial score (nSPS) is 10.4. The Balaban J connectivity index is 2.66. The second-order valence-corrected chi connectivity index (χ2v) is 5.43. The Morgan fingerprint density at radius 3 is 2.36 bits per heavy atom. The zero-order valence-electron chi connectivity index (χ0n) is 13.9. The van der Waals surface area contributed by atoms with E-state index in [1.54, 1.807) is 4.90 Å². The number of nitrogens with one attached hydrogen (secondary N) is 1. The number of hydrogen-bond acceptors (Lipinski definition) is 3. The second-order valence-electron chi connectivity index (χ2n) is 5.43. The Morgan fingerprint density at radius 2 is 1.86 bits per heavy atom. The maximum absolute atomic E-state index is 11.8. The van der Waals surface area contributed by atoms with E-state index in [-0.39, 0.29) is 17.9 Å². The molecule has 0 radical (unpaired) electrons. The molecule has 0 bridgehead atoms. The van der Waals surface area contributed by atoms with Crippen LogP contribution in [0.4, 0.5) is 5.69 Å². The molecule has 1 aromatic carbocycles. The van der Waals surface area contributed by atoms with Gasteiger partial charge in [0.2, 0.25) is 11.8 Å². The first-order valence-corrected chi connectivity index (χ1v) is 7.75. The van der Waals surface area contributed by atoms with Crippen molar-refractivity contribution in [2.75, 3.05) is 18.0 Å². The fraction of sp³-hybridized carbons (Fsp3) is 0.529. The molecule has 0 saturated heterocycles. The van der Waals surface area contributed by atoms with E-state index < -0.39 is 0 Å². The first kappa shape index (κ1) is 18.0. The molecule has 1 N–H and O–H groups in total. The number of ether oxygens (including phenoxy) is 1. The molecule has 5 heteroatoms. The van der Waals surface area contributed by atoms with Crippen LogP contribution in [0.25, 0.3) is 0 Å². The average molecular weight is 306 g/mol. The van der Waals surface area contributed by atoms with Gasteiger partial charge < -0.3 is 15.0 Å². The van der Waals surface area contributed by atoms with Crippen LogP contribution in [0.3, 0.4) is 0 Å². The van der Waals surface area contributed by atoms with Gasteiger partial charge in [-0.05, 0) is 44.5 Å². The maximum atomic E-state index is 11.8. The van der Waals surface area contributed by atoms with Crippen LogP contribution in [0.1, 0.15) is 40.5 Å². The van der Waals surface area contributed by atoms with Crippen molar-refractivity contribution < 1.29 is 14.3 Å². The topological polar surface area (TPSA) is 58.6 Å². The smallest absolute Gasteiger partial charge is 0.223 e. The van der Waals surface area contributed by atoms with Crippen molar-refractivity contribution >= 4 is 17.5 Å². The van der Waals surface area contributed by atoms with E-state index in [0.29, 0.717) is 19.5 Å². The van der Waals surface area contributed by atoms with Crippen molar-refractivity contribution in [1.82, 2.24) is 5.32 Å². The second kappa shape index (κ2) is 9.07. The van der Waals surface area contributed by atoms with Crippen molar-refractivity contribution in [3.63, 3.8) is 0 Å². The summed E-state index contributed by atoms with van der Waals surface area (Å²) in [5.41, 5.74) is 0.770. The molecule has 5 nitrogen and oxygen atoms in total. The van der Waals surface area contributed by atoms with Gasteiger partial charge in [0.15, 0.2) is 0 Å². The predicted molar refractivity (Wildman–Crippen MR) is 88.2 cm³/mol. The minimum Gasteiger partial charge on any atom is -0.491 e. The van der Waals surface area contributed by atoms with E-state index in [4.69, 9.17) is 4.74 Å². The maximum Gasteiger partial charge on any atom is 0.223 e. The summed E-state index contributed by atoms with van der Waals surface area (Å²) in [5.74, 6) is 0.650. The Bertz CT molecular complexity index is 483. The Hall–Kier alpha value is -2.04. The van der Waals surface area contributed by atoms with E-state index >= 15 is 0 Å². The zero-order chi connectivity index (χ0) is 16.5. The van der Waals surface area contributed by atoms with Crippen molar-refractivity contribution in [3.8, 4) is 5.75 Å². The number of hydrogen-bond donors (Lipinski definition) is 1. The van der Waals surface area contributed by atoms with Gasteiger partial charge in [-0.1, -0.05) is 6.92 Å². The molecular weight excluding hydrogens is 280 g/mol. The van der Waals surface area contributed by atoms with Gasteiger partial charge in [-0.15, -0.1) is 0 Å². The molecule has 1 rings (SSSR count). The van der Waals surface area contributed by atoms with Crippen LogP contribution < -0.4 is 15.0 Å². The number of carbonyl (C=O) groups is 2. The van der Waals surface area contributed by atoms with Gasteiger partial charge in [0, 0.05) is 32.1 Å². The number of anilines is 1. The Kier molecular flexibility index (Phi) is 7.43. The molecule has 0 aliphatic carbocycles. The first-order chi connectivity index (χ1) is 10.4. The molecule has 0 aromatic heterocycles. The van der Waals surface area contributed by atoms with Gasteiger partial charge in [-0.2, -0.15) is 0 Å². The Labute approximate surface area is 132 Å². The molecule has 122 valence electrons. The third kappa shape index (κ3) is 6.16.